The molecular formula is C12H18N4. The number of hydrogen-bond donors (Lipinski definition) is 1. The van der Waals surface area contributed by atoms with Gasteiger partial charge >= 0.3 is 0 Å². The summed E-state index contributed by atoms with van der Waals surface area (Å²) in [6.45, 7) is 3.44. The van der Waals surface area contributed by atoms with Crippen LogP contribution in [-0.4, -0.2) is 40.0 Å². The van der Waals surface area contributed by atoms with E-state index in [0.29, 0.717) is 6.04 Å². The topological polar surface area (TPSA) is 41.0 Å². The Morgan fingerprint density at radius 3 is 3.25 bits per heavy atom. The molecule has 0 saturated carbocycles. The molecule has 3 heterocycles. The molecule has 0 aromatic carbocycles. The van der Waals surface area contributed by atoms with E-state index in [-0.39, 0.29) is 0 Å². The minimum absolute atomic E-state index is 0.664. The molecule has 3 rings (SSSR count). The summed E-state index contributed by atoms with van der Waals surface area (Å²) in [5, 5.41) is 3.64. The van der Waals surface area contributed by atoms with E-state index in [0.717, 1.165) is 18.3 Å². The average molecular weight is 218 g/mol. The number of rotatable bonds is 3. The maximum Gasteiger partial charge on any atom is 0.115 e. The number of nitrogens with one attached hydrogen (secondary N) is 1. The molecule has 4 heteroatoms. The van der Waals surface area contributed by atoms with E-state index in [9.17, 15) is 0 Å². The zero-order chi connectivity index (χ0) is 10.8. The van der Waals surface area contributed by atoms with Gasteiger partial charge in [0, 0.05) is 31.4 Å². The minimum Gasteiger partial charge on any atom is -0.307 e. The molecule has 2 saturated heterocycles. The molecule has 4 nitrogen and oxygen atoms in total. The molecule has 0 aliphatic carbocycles. The third-order valence-electron chi connectivity index (χ3n) is 3.79. The summed E-state index contributed by atoms with van der Waals surface area (Å²) in [6.07, 6.45) is 7.45. The Kier molecular flexibility index (Phi) is 2.84. The van der Waals surface area contributed by atoms with Gasteiger partial charge in [-0.2, -0.15) is 0 Å². The van der Waals surface area contributed by atoms with Gasteiger partial charge in [0.1, 0.15) is 6.33 Å². The van der Waals surface area contributed by atoms with Crippen LogP contribution in [0.25, 0.3) is 0 Å². The maximum atomic E-state index is 4.24. The molecule has 16 heavy (non-hydrogen) atoms. The van der Waals surface area contributed by atoms with Gasteiger partial charge in [-0.15, -0.1) is 0 Å². The minimum atomic E-state index is 0.664. The first-order valence-electron chi connectivity index (χ1n) is 6.16. The molecule has 0 radical (unpaired) electrons. The second-order valence-corrected chi connectivity index (χ2v) is 4.72. The van der Waals surface area contributed by atoms with Crippen molar-refractivity contribution in [1.29, 1.82) is 0 Å². The van der Waals surface area contributed by atoms with Gasteiger partial charge in [-0.25, -0.2) is 9.97 Å². The Hall–Kier alpha value is -1.00. The molecule has 1 aromatic heterocycles. The Balaban J connectivity index is 1.56. The van der Waals surface area contributed by atoms with Gasteiger partial charge in [0.2, 0.25) is 0 Å². The van der Waals surface area contributed by atoms with Crippen LogP contribution in [0.4, 0.5) is 0 Å². The Labute approximate surface area is 96.1 Å². The van der Waals surface area contributed by atoms with Gasteiger partial charge in [-0.1, -0.05) is 0 Å². The lowest BCUT2D eigenvalue weighted by Crippen LogP contribution is -2.38. The quantitative estimate of drug-likeness (QED) is 0.815. The van der Waals surface area contributed by atoms with Crippen LogP contribution < -0.4 is 5.32 Å². The fraction of sp³-hybridized carbons (Fsp3) is 0.667. The smallest absolute Gasteiger partial charge is 0.115 e. The van der Waals surface area contributed by atoms with Crippen molar-refractivity contribution < 1.29 is 0 Å². The van der Waals surface area contributed by atoms with Crippen LogP contribution in [0.2, 0.25) is 0 Å². The number of nitrogens with zero attached hydrogens (tertiary/aromatic N) is 3. The van der Waals surface area contributed by atoms with Crippen molar-refractivity contribution in [3.05, 3.63) is 24.3 Å². The monoisotopic (exact) mass is 218 g/mol. The highest BCUT2D eigenvalue weighted by Gasteiger charge is 2.36. The summed E-state index contributed by atoms with van der Waals surface area (Å²) in [5.74, 6) is 0. The van der Waals surface area contributed by atoms with E-state index in [4.69, 9.17) is 0 Å². The molecule has 1 aromatic rings. The zero-order valence-corrected chi connectivity index (χ0v) is 9.47. The molecule has 86 valence electrons. The highest BCUT2D eigenvalue weighted by Crippen LogP contribution is 2.27. The molecule has 1 N–H and O–H groups in total. The highest BCUT2D eigenvalue weighted by molar-refractivity contribution is 5.00. The van der Waals surface area contributed by atoms with Crippen LogP contribution in [0.1, 0.15) is 25.0 Å². The fourth-order valence-corrected chi connectivity index (χ4v) is 2.98. The van der Waals surface area contributed by atoms with E-state index in [1.54, 1.807) is 12.5 Å². The first kappa shape index (κ1) is 10.2. The molecule has 2 aliphatic rings. The summed E-state index contributed by atoms with van der Waals surface area (Å²) in [6, 6.07) is 3.42. The SMILES string of the molecule is c1cc(CNC2CCN3CCCC23)ncn1. The lowest BCUT2D eigenvalue weighted by Gasteiger charge is -2.21. The maximum absolute atomic E-state index is 4.24. The zero-order valence-electron chi connectivity index (χ0n) is 9.47. The van der Waals surface area contributed by atoms with Crippen molar-refractivity contribution in [3.63, 3.8) is 0 Å². The number of fused-ring (bicyclic) bond motifs is 1. The van der Waals surface area contributed by atoms with Gasteiger partial charge in [-0.3, -0.25) is 4.90 Å². The van der Waals surface area contributed by atoms with Gasteiger partial charge in [0.05, 0.1) is 5.69 Å². The lowest BCUT2D eigenvalue weighted by atomic mass is 10.1. The summed E-state index contributed by atoms with van der Waals surface area (Å²) in [7, 11) is 0. The van der Waals surface area contributed by atoms with Crippen LogP contribution in [0.15, 0.2) is 18.6 Å². The van der Waals surface area contributed by atoms with E-state index in [2.05, 4.69) is 20.2 Å². The predicted octanol–water partition coefficient (Wildman–Crippen LogP) is 0.803. The predicted molar refractivity (Wildman–Crippen MR) is 61.9 cm³/mol. The first-order chi connectivity index (χ1) is 7.93. The third kappa shape index (κ3) is 1.95. The Morgan fingerprint density at radius 2 is 2.38 bits per heavy atom. The van der Waals surface area contributed by atoms with Crippen LogP contribution in [0.3, 0.4) is 0 Å². The van der Waals surface area contributed by atoms with Gasteiger partial charge < -0.3 is 5.32 Å². The molecule has 2 unspecified atom stereocenters. The van der Waals surface area contributed by atoms with Crippen LogP contribution in [-0.2, 0) is 6.54 Å². The molecule has 2 aliphatic heterocycles. The second kappa shape index (κ2) is 4.47. The molecule has 2 atom stereocenters. The van der Waals surface area contributed by atoms with Gasteiger partial charge in [0.15, 0.2) is 0 Å². The van der Waals surface area contributed by atoms with Gasteiger partial charge in [0.25, 0.3) is 0 Å². The standard InChI is InChI=1S/C12H18N4/c1-2-12-11(4-7-16(12)6-1)14-8-10-3-5-13-9-15-10/h3,5,9,11-12,14H,1-2,4,6-8H2. The normalized spacial score (nSPS) is 29.5. The van der Waals surface area contributed by atoms with E-state index >= 15 is 0 Å². The summed E-state index contributed by atoms with van der Waals surface area (Å²) < 4.78 is 0. The molecule has 0 spiro atoms. The van der Waals surface area contributed by atoms with Crippen molar-refractivity contribution in [2.24, 2.45) is 0 Å². The molecule has 2 fully saturated rings. The van der Waals surface area contributed by atoms with Crippen molar-refractivity contribution >= 4 is 0 Å². The van der Waals surface area contributed by atoms with Crippen LogP contribution >= 0.6 is 0 Å². The van der Waals surface area contributed by atoms with E-state index < -0.39 is 0 Å². The summed E-state index contributed by atoms with van der Waals surface area (Å²) in [4.78, 5) is 10.8. The van der Waals surface area contributed by atoms with Crippen molar-refractivity contribution in [2.75, 3.05) is 13.1 Å². The molecule has 0 bridgehead atoms. The Bertz CT molecular complexity index is 340. The summed E-state index contributed by atoms with van der Waals surface area (Å²) in [5.41, 5.74) is 1.09. The van der Waals surface area contributed by atoms with E-state index in [1.807, 2.05) is 6.07 Å². The van der Waals surface area contributed by atoms with Crippen molar-refractivity contribution in [2.45, 2.75) is 37.9 Å². The van der Waals surface area contributed by atoms with Crippen molar-refractivity contribution in [1.82, 2.24) is 20.2 Å². The highest BCUT2D eigenvalue weighted by atomic mass is 15.2. The number of aromatic nitrogens is 2. The Morgan fingerprint density at radius 1 is 1.38 bits per heavy atom. The van der Waals surface area contributed by atoms with Crippen LogP contribution in [0.5, 0.6) is 0 Å². The first-order valence-corrected chi connectivity index (χ1v) is 6.16. The fourth-order valence-electron chi connectivity index (χ4n) is 2.98. The summed E-state index contributed by atoms with van der Waals surface area (Å²) >= 11 is 0. The van der Waals surface area contributed by atoms with Gasteiger partial charge in [-0.05, 0) is 31.9 Å². The number of hydrogen-bond acceptors (Lipinski definition) is 4. The van der Waals surface area contributed by atoms with Crippen molar-refractivity contribution in [3.8, 4) is 0 Å². The lowest BCUT2D eigenvalue weighted by molar-refractivity contribution is 0.298. The molecular weight excluding hydrogens is 200 g/mol. The second-order valence-electron chi connectivity index (χ2n) is 4.72. The van der Waals surface area contributed by atoms with E-state index in [1.165, 1.54) is 32.4 Å². The van der Waals surface area contributed by atoms with Crippen LogP contribution in [0, 0.1) is 0 Å². The average Bonchev–Trinajstić information content (AvgIpc) is 2.90. The largest absolute Gasteiger partial charge is 0.307 e. The third-order valence-corrected chi connectivity index (χ3v) is 3.79. The molecule has 0 amide bonds.